The SMILES string of the molecule is CCCNC(=O)[C@@H](Cc1ccccc1)N(Cc1ccccc1)C(=O)CN(c1ccccc1)S(=O)(=O)c1ccc(Cl)cc1. The topological polar surface area (TPSA) is 86.8 Å². The van der Waals surface area contributed by atoms with Crippen LogP contribution in [0.2, 0.25) is 5.02 Å². The Kier molecular flexibility index (Phi) is 10.8. The van der Waals surface area contributed by atoms with Gasteiger partial charge in [-0.2, -0.15) is 0 Å². The van der Waals surface area contributed by atoms with Crippen LogP contribution < -0.4 is 9.62 Å². The van der Waals surface area contributed by atoms with Crippen molar-refractivity contribution in [2.75, 3.05) is 17.4 Å². The van der Waals surface area contributed by atoms with Gasteiger partial charge in [0, 0.05) is 24.5 Å². The summed E-state index contributed by atoms with van der Waals surface area (Å²) in [6, 6.07) is 32.2. The molecule has 7 nitrogen and oxygen atoms in total. The fourth-order valence-corrected chi connectivity index (χ4v) is 6.10. The van der Waals surface area contributed by atoms with E-state index in [0.29, 0.717) is 17.3 Å². The standard InChI is InChI=1S/C33H34ClN3O4S/c1-2-22-35-33(39)31(23-26-12-6-3-7-13-26)36(24-27-14-8-4-9-15-27)32(38)25-37(29-16-10-5-11-17-29)42(40,41)30-20-18-28(34)19-21-30/h3-21,31H,2,22-25H2,1H3,(H,35,39)/t31-/m1/s1. The molecule has 0 saturated carbocycles. The molecule has 9 heteroatoms. The van der Waals surface area contributed by atoms with Crippen molar-refractivity contribution in [1.82, 2.24) is 10.2 Å². The maximum atomic E-state index is 14.3. The molecule has 0 aliphatic rings. The Bertz CT molecular complexity index is 1550. The number of hydrogen-bond donors (Lipinski definition) is 1. The first-order chi connectivity index (χ1) is 20.3. The second-order valence-corrected chi connectivity index (χ2v) is 12.1. The number of benzene rings is 4. The van der Waals surface area contributed by atoms with E-state index >= 15 is 0 Å². The quantitative estimate of drug-likeness (QED) is 0.212. The normalized spacial score (nSPS) is 11.9. The van der Waals surface area contributed by atoms with Crippen molar-refractivity contribution >= 4 is 39.1 Å². The molecule has 0 bridgehead atoms. The molecule has 4 rings (SSSR count). The molecule has 1 atom stereocenters. The summed E-state index contributed by atoms with van der Waals surface area (Å²) >= 11 is 6.02. The zero-order valence-electron chi connectivity index (χ0n) is 23.4. The summed E-state index contributed by atoms with van der Waals surface area (Å²) in [5, 5.41) is 3.34. The molecular weight excluding hydrogens is 570 g/mol. The van der Waals surface area contributed by atoms with Crippen molar-refractivity contribution < 1.29 is 18.0 Å². The van der Waals surface area contributed by atoms with Gasteiger partial charge in [0.1, 0.15) is 12.6 Å². The van der Waals surface area contributed by atoms with E-state index in [1.165, 1.54) is 29.2 Å². The number of carbonyl (C=O) groups is 2. The van der Waals surface area contributed by atoms with E-state index in [1.54, 1.807) is 30.3 Å². The van der Waals surface area contributed by atoms with Gasteiger partial charge in [0.25, 0.3) is 10.0 Å². The van der Waals surface area contributed by atoms with Crippen LogP contribution in [0.25, 0.3) is 0 Å². The molecule has 4 aromatic rings. The number of carbonyl (C=O) groups excluding carboxylic acids is 2. The maximum Gasteiger partial charge on any atom is 0.264 e. The molecule has 2 amide bonds. The van der Waals surface area contributed by atoms with Gasteiger partial charge >= 0.3 is 0 Å². The summed E-state index contributed by atoms with van der Waals surface area (Å²) in [6.07, 6.45) is 1.00. The van der Waals surface area contributed by atoms with E-state index in [-0.39, 0.29) is 23.8 Å². The van der Waals surface area contributed by atoms with Crippen molar-refractivity contribution in [2.24, 2.45) is 0 Å². The number of rotatable bonds is 13. The van der Waals surface area contributed by atoms with Gasteiger partial charge in [-0.15, -0.1) is 0 Å². The molecule has 0 spiro atoms. The Balaban J connectivity index is 1.76. The first-order valence-electron chi connectivity index (χ1n) is 13.8. The molecule has 0 aromatic heterocycles. The minimum Gasteiger partial charge on any atom is -0.354 e. The number of anilines is 1. The fraction of sp³-hybridized carbons (Fsp3) is 0.212. The molecule has 0 unspecified atom stereocenters. The Labute approximate surface area is 252 Å². The van der Waals surface area contributed by atoms with Crippen LogP contribution in [0, 0.1) is 0 Å². The van der Waals surface area contributed by atoms with E-state index in [1.807, 2.05) is 67.6 Å². The van der Waals surface area contributed by atoms with Crippen molar-refractivity contribution in [3.63, 3.8) is 0 Å². The summed E-state index contributed by atoms with van der Waals surface area (Å²) in [6.45, 7) is 2.03. The molecule has 0 heterocycles. The van der Waals surface area contributed by atoms with Gasteiger partial charge in [-0.25, -0.2) is 8.42 Å². The van der Waals surface area contributed by atoms with E-state index < -0.39 is 28.5 Å². The van der Waals surface area contributed by atoms with Gasteiger partial charge in [-0.3, -0.25) is 13.9 Å². The summed E-state index contributed by atoms with van der Waals surface area (Å²) < 4.78 is 28.9. The Morgan fingerprint density at radius 2 is 1.33 bits per heavy atom. The number of amides is 2. The summed E-state index contributed by atoms with van der Waals surface area (Å²) in [7, 11) is -4.16. The lowest BCUT2D eigenvalue weighted by Crippen LogP contribution is -2.53. The molecule has 218 valence electrons. The number of hydrogen-bond acceptors (Lipinski definition) is 4. The minimum absolute atomic E-state index is 0.000290. The molecule has 0 fully saturated rings. The van der Waals surface area contributed by atoms with Gasteiger partial charge in [0.05, 0.1) is 10.6 Å². The average molecular weight is 604 g/mol. The highest BCUT2D eigenvalue weighted by Crippen LogP contribution is 2.26. The molecular formula is C33H34ClN3O4S. The van der Waals surface area contributed by atoms with E-state index in [9.17, 15) is 18.0 Å². The summed E-state index contributed by atoms with van der Waals surface area (Å²) in [5.41, 5.74) is 2.03. The predicted molar refractivity (Wildman–Crippen MR) is 167 cm³/mol. The Morgan fingerprint density at radius 1 is 0.786 bits per heavy atom. The van der Waals surface area contributed by atoms with Gasteiger partial charge in [0.15, 0.2) is 0 Å². The maximum absolute atomic E-state index is 14.3. The summed E-state index contributed by atoms with van der Waals surface area (Å²) in [4.78, 5) is 29.4. The van der Waals surface area contributed by atoms with Gasteiger partial charge in [0.2, 0.25) is 11.8 Å². The van der Waals surface area contributed by atoms with Crippen LogP contribution in [0.3, 0.4) is 0 Å². The van der Waals surface area contributed by atoms with Crippen LogP contribution in [0.1, 0.15) is 24.5 Å². The highest BCUT2D eigenvalue weighted by atomic mass is 35.5. The Hall–Kier alpha value is -4.14. The average Bonchev–Trinajstić information content (AvgIpc) is 3.01. The highest BCUT2D eigenvalue weighted by Gasteiger charge is 2.34. The number of sulfonamides is 1. The van der Waals surface area contributed by atoms with Crippen LogP contribution in [0.5, 0.6) is 0 Å². The molecule has 0 aliphatic carbocycles. The molecule has 0 radical (unpaired) electrons. The third-order valence-corrected chi connectivity index (χ3v) is 8.78. The van der Waals surface area contributed by atoms with Crippen LogP contribution in [-0.2, 0) is 32.6 Å². The molecule has 1 N–H and O–H groups in total. The number of nitrogens with one attached hydrogen (secondary N) is 1. The molecule has 0 saturated heterocycles. The monoisotopic (exact) mass is 603 g/mol. The second-order valence-electron chi connectivity index (χ2n) is 9.80. The largest absolute Gasteiger partial charge is 0.354 e. The number of nitrogens with zero attached hydrogens (tertiary/aromatic N) is 2. The van der Waals surface area contributed by atoms with E-state index in [0.717, 1.165) is 21.9 Å². The number of para-hydroxylation sites is 1. The van der Waals surface area contributed by atoms with E-state index in [2.05, 4.69) is 5.32 Å². The molecule has 42 heavy (non-hydrogen) atoms. The van der Waals surface area contributed by atoms with Crippen molar-refractivity contribution in [3.8, 4) is 0 Å². The molecule has 0 aliphatic heterocycles. The van der Waals surface area contributed by atoms with Gasteiger partial charge in [-0.1, -0.05) is 97.4 Å². The predicted octanol–water partition coefficient (Wildman–Crippen LogP) is 5.70. The van der Waals surface area contributed by atoms with Crippen LogP contribution in [0.15, 0.2) is 120 Å². The first-order valence-corrected chi connectivity index (χ1v) is 15.6. The van der Waals surface area contributed by atoms with Crippen LogP contribution in [0.4, 0.5) is 5.69 Å². The third kappa shape index (κ3) is 7.99. The summed E-state index contributed by atoms with van der Waals surface area (Å²) in [5.74, 6) is -0.801. The first kappa shape index (κ1) is 30.8. The lowest BCUT2D eigenvalue weighted by Gasteiger charge is -2.34. The lowest BCUT2D eigenvalue weighted by molar-refractivity contribution is -0.140. The fourth-order valence-electron chi connectivity index (χ4n) is 4.56. The van der Waals surface area contributed by atoms with Gasteiger partial charge in [-0.05, 0) is 53.9 Å². The number of halogens is 1. The zero-order chi connectivity index (χ0) is 30.0. The van der Waals surface area contributed by atoms with Gasteiger partial charge < -0.3 is 10.2 Å². The highest BCUT2D eigenvalue weighted by molar-refractivity contribution is 7.92. The Morgan fingerprint density at radius 3 is 1.90 bits per heavy atom. The van der Waals surface area contributed by atoms with Crippen LogP contribution >= 0.6 is 11.6 Å². The van der Waals surface area contributed by atoms with Crippen LogP contribution in [-0.4, -0.2) is 44.3 Å². The lowest BCUT2D eigenvalue weighted by atomic mass is 10.0. The van der Waals surface area contributed by atoms with Crippen molar-refractivity contribution in [2.45, 2.75) is 37.2 Å². The smallest absolute Gasteiger partial charge is 0.264 e. The third-order valence-electron chi connectivity index (χ3n) is 6.74. The van der Waals surface area contributed by atoms with E-state index in [4.69, 9.17) is 11.6 Å². The van der Waals surface area contributed by atoms with Crippen molar-refractivity contribution in [1.29, 1.82) is 0 Å². The molecule has 4 aromatic carbocycles. The van der Waals surface area contributed by atoms with Crippen molar-refractivity contribution in [3.05, 3.63) is 131 Å². The minimum atomic E-state index is -4.16. The second kappa shape index (κ2) is 14.7. The zero-order valence-corrected chi connectivity index (χ0v) is 25.0.